The SMILES string of the molecule is Cc1[nH]c(C(=O)O)c(C)c1C(=O)NCCC(N)=O. The third-order valence-electron chi connectivity index (χ3n) is 2.54. The predicted octanol–water partition coefficient (Wildman–Crippen LogP) is -0.0651. The molecular formula is C11H15N3O4. The molecule has 0 saturated carbocycles. The van der Waals surface area contributed by atoms with E-state index in [0.717, 1.165) is 0 Å². The van der Waals surface area contributed by atoms with Crippen LogP contribution in [0.3, 0.4) is 0 Å². The summed E-state index contributed by atoms with van der Waals surface area (Å²) < 4.78 is 0. The lowest BCUT2D eigenvalue weighted by Gasteiger charge is -2.04. The zero-order chi connectivity index (χ0) is 13.9. The van der Waals surface area contributed by atoms with Crippen molar-refractivity contribution >= 4 is 17.8 Å². The van der Waals surface area contributed by atoms with Gasteiger partial charge in [0.15, 0.2) is 0 Å². The Morgan fingerprint density at radius 1 is 1.33 bits per heavy atom. The van der Waals surface area contributed by atoms with Crippen molar-refractivity contribution in [3.63, 3.8) is 0 Å². The first-order valence-electron chi connectivity index (χ1n) is 5.33. The second kappa shape index (κ2) is 5.35. The van der Waals surface area contributed by atoms with Crippen LogP contribution < -0.4 is 11.1 Å². The van der Waals surface area contributed by atoms with E-state index in [0.29, 0.717) is 11.3 Å². The van der Waals surface area contributed by atoms with E-state index in [9.17, 15) is 14.4 Å². The number of nitrogens with two attached hydrogens (primary N) is 1. The van der Waals surface area contributed by atoms with Crippen LogP contribution >= 0.6 is 0 Å². The van der Waals surface area contributed by atoms with Gasteiger partial charge in [-0.1, -0.05) is 0 Å². The molecule has 0 saturated heterocycles. The monoisotopic (exact) mass is 253 g/mol. The van der Waals surface area contributed by atoms with Gasteiger partial charge >= 0.3 is 5.97 Å². The maximum absolute atomic E-state index is 11.8. The molecule has 18 heavy (non-hydrogen) atoms. The molecule has 5 N–H and O–H groups in total. The summed E-state index contributed by atoms with van der Waals surface area (Å²) in [5, 5.41) is 11.4. The minimum absolute atomic E-state index is 0.00690. The third kappa shape index (κ3) is 2.88. The first-order chi connectivity index (χ1) is 8.34. The van der Waals surface area contributed by atoms with Crippen LogP contribution in [0, 0.1) is 13.8 Å². The highest BCUT2D eigenvalue weighted by Crippen LogP contribution is 2.17. The fourth-order valence-corrected chi connectivity index (χ4v) is 1.69. The van der Waals surface area contributed by atoms with E-state index >= 15 is 0 Å². The molecule has 1 heterocycles. The Labute approximate surface area is 103 Å². The van der Waals surface area contributed by atoms with E-state index in [-0.39, 0.29) is 24.2 Å². The first kappa shape index (κ1) is 13.8. The number of aromatic nitrogens is 1. The number of aromatic amines is 1. The van der Waals surface area contributed by atoms with Crippen molar-refractivity contribution in [1.82, 2.24) is 10.3 Å². The molecule has 0 aliphatic heterocycles. The summed E-state index contributed by atoms with van der Waals surface area (Å²) >= 11 is 0. The second-order valence-electron chi connectivity index (χ2n) is 3.90. The van der Waals surface area contributed by atoms with Gasteiger partial charge in [-0.05, 0) is 19.4 Å². The number of aryl methyl sites for hydroxylation is 1. The zero-order valence-electron chi connectivity index (χ0n) is 10.2. The molecule has 0 aliphatic rings. The topological polar surface area (TPSA) is 125 Å². The van der Waals surface area contributed by atoms with E-state index in [4.69, 9.17) is 10.8 Å². The smallest absolute Gasteiger partial charge is 0.352 e. The summed E-state index contributed by atoms with van der Waals surface area (Å²) in [5.74, 6) is -2.05. The number of nitrogens with one attached hydrogen (secondary N) is 2. The van der Waals surface area contributed by atoms with Crippen LogP contribution in [0.5, 0.6) is 0 Å². The molecule has 1 rings (SSSR count). The maximum Gasteiger partial charge on any atom is 0.352 e. The van der Waals surface area contributed by atoms with Crippen molar-refractivity contribution in [1.29, 1.82) is 0 Å². The molecule has 0 aliphatic carbocycles. The molecular weight excluding hydrogens is 238 g/mol. The Kier molecular flexibility index (Phi) is 4.09. The van der Waals surface area contributed by atoms with Crippen molar-refractivity contribution in [3.8, 4) is 0 Å². The van der Waals surface area contributed by atoms with Gasteiger partial charge in [-0.25, -0.2) is 4.79 Å². The first-order valence-corrected chi connectivity index (χ1v) is 5.33. The average Bonchev–Trinajstić information content (AvgIpc) is 2.53. The number of amides is 2. The molecule has 0 aromatic carbocycles. The number of carbonyl (C=O) groups excluding carboxylic acids is 2. The van der Waals surface area contributed by atoms with E-state index in [2.05, 4.69) is 10.3 Å². The lowest BCUT2D eigenvalue weighted by molar-refractivity contribution is -0.117. The molecule has 7 heteroatoms. The third-order valence-corrected chi connectivity index (χ3v) is 2.54. The second-order valence-corrected chi connectivity index (χ2v) is 3.90. The Hall–Kier alpha value is -2.31. The van der Waals surface area contributed by atoms with E-state index in [1.54, 1.807) is 13.8 Å². The minimum Gasteiger partial charge on any atom is -0.477 e. The van der Waals surface area contributed by atoms with Crippen molar-refractivity contribution in [2.45, 2.75) is 20.3 Å². The Morgan fingerprint density at radius 3 is 2.39 bits per heavy atom. The lowest BCUT2D eigenvalue weighted by atomic mass is 10.1. The molecule has 2 amide bonds. The summed E-state index contributed by atoms with van der Waals surface area (Å²) in [6.07, 6.45) is 0.0417. The van der Waals surface area contributed by atoms with E-state index in [1.165, 1.54) is 0 Å². The number of H-pyrrole nitrogens is 1. The van der Waals surface area contributed by atoms with Gasteiger partial charge in [-0.15, -0.1) is 0 Å². The normalized spacial score (nSPS) is 10.1. The molecule has 0 atom stereocenters. The summed E-state index contributed by atoms with van der Waals surface area (Å²) in [4.78, 5) is 35.9. The largest absolute Gasteiger partial charge is 0.477 e. The highest BCUT2D eigenvalue weighted by molar-refractivity contribution is 6.00. The van der Waals surface area contributed by atoms with Crippen LogP contribution in [0.1, 0.15) is 38.5 Å². The van der Waals surface area contributed by atoms with Crippen molar-refractivity contribution in [2.75, 3.05) is 6.54 Å². The van der Waals surface area contributed by atoms with Crippen LogP contribution in [0.4, 0.5) is 0 Å². The van der Waals surface area contributed by atoms with Crippen LogP contribution in [0.15, 0.2) is 0 Å². The standard InChI is InChI=1S/C11H15N3O4/c1-5-8(6(2)14-9(5)11(17)18)10(16)13-4-3-7(12)15/h14H,3-4H2,1-2H3,(H2,12,15)(H,13,16)(H,17,18). The maximum atomic E-state index is 11.8. The van der Waals surface area contributed by atoms with Crippen molar-refractivity contribution < 1.29 is 19.5 Å². The summed E-state index contributed by atoms with van der Waals surface area (Å²) in [6.45, 7) is 3.29. The Balaban J connectivity index is 2.86. The van der Waals surface area contributed by atoms with Gasteiger partial charge in [0.05, 0.1) is 5.56 Å². The highest BCUT2D eigenvalue weighted by Gasteiger charge is 2.21. The predicted molar refractivity (Wildman–Crippen MR) is 63.4 cm³/mol. The lowest BCUT2D eigenvalue weighted by Crippen LogP contribution is -2.28. The summed E-state index contributed by atoms with van der Waals surface area (Å²) in [7, 11) is 0. The van der Waals surface area contributed by atoms with Gasteiger partial charge in [0.2, 0.25) is 5.91 Å². The summed E-state index contributed by atoms with van der Waals surface area (Å²) in [5.41, 5.74) is 6.07. The number of hydrogen-bond donors (Lipinski definition) is 4. The fraction of sp³-hybridized carbons (Fsp3) is 0.364. The number of rotatable bonds is 5. The van der Waals surface area contributed by atoms with Gasteiger partial charge in [-0.3, -0.25) is 9.59 Å². The van der Waals surface area contributed by atoms with Crippen molar-refractivity contribution in [2.24, 2.45) is 5.73 Å². The van der Waals surface area contributed by atoms with Crippen molar-refractivity contribution in [3.05, 3.63) is 22.5 Å². The molecule has 7 nitrogen and oxygen atoms in total. The van der Waals surface area contributed by atoms with Crippen LogP contribution in [0.25, 0.3) is 0 Å². The number of hydrogen-bond acceptors (Lipinski definition) is 3. The molecule has 0 spiro atoms. The Morgan fingerprint density at radius 2 is 1.94 bits per heavy atom. The quantitative estimate of drug-likeness (QED) is 0.586. The zero-order valence-corrected chi connectivity index (χ0v) is 10.2. The van der Waals surface area contributed by atoms with Crippen LogP contribution in [0.2, 0.25) is 0 Å². The number of carboxylic acids is 1. The molecule has 0 unspecified atom stereocenters. The molecule has 1 aromatic heterocycles. The van der Waals surface area contributed by atoms with E-state index < -0.39 is 17.8 Å². The minimum atomic E-state index is -1.12. The number of primary amides is 1. The fourth-order valence-electron chi connectivity index (χ4n) is 1.69. The van der Waals surface area contributed by atoms with Gasteiger partial charge in [-0.2, -0.15) is 0 Å². The molecule has 0 bridgehead atoms. The average molecular weight is 253 g/mol. The highest BCUT2D eigenvalue weighted by atomic mass is 16.4. The van der Waals surface area contributed by atoms with Crippen LogP contribution in [-0.4, -0.2) is 34.4 Å². The number of aromatic carboxylic acids is 1. The Bertz CT molecular complexity index is 505. The summed E-state index contributed by atoms with van der Waals surface area (Å²) in [6, 6.07) is 0. The van der Waals surface area contributed by atoms with Crippen LogP contribution in [-0.2, 0) is 4.79 Å². The van der Waals surface area contributed by atoms with Gasteiger partial charge in [0.25, 0.3) is 5.91 Å². The molecule has 0 radical (unpaired) electrons. The van der Waals surface area contributed by atoms with Gasteiger partial charge in [0.1, 0.15) is 5.69 Å². The molecule has 1 aromatic rings. The molecule has 98 valence electrons. The molecule has 0 fully saturated rings. The van der Waals surface area contributed by atoms with E-state index in [1.807, 2.05) is 0 Å². The number of carboxylic acid groups (broad SMARTS) is 1. The van der Waals surface area contributed by atoms with Gasteiger partial charge < -0.3 is 21.1 Å². The number of carbonyl (C=O) groups is 3. The van der Waals surface area contributed by atoms with Gasteiger partial charge in [0, 0.05) is 18.7 Å².